The molecule has 1 aliphatic carbocycles. The van der Waals surface area contributed by atoms with Crippen LogP contribution in [0.2, 0.25) is 0 Å². The molecule has 0 bridgehead atoms. The molecule has 0 radical (unpaired) electrons. The van der Waals surface area contributed by atoms with Gasteiger partial charge in [-0.1, -0.05) is 31.4 Å². The van der Waals surface area contributed by atoms with Crippen LogP contribution in [0.5, 0.6) is 0 Å². The Hall–Kier alpha value is -3.60. The molecular weight excluding hydrogens is 430 g/mol. The summed E-state index contributed by atoms with van der Waals surface area (Å²) in [6.07, 6.45) is 5.99. The van der Waals surface area contributed by atoms with Gasteiger partial charge < -0.3 is 15.1 Å². The molecule has 0 unspecified atom stereocenters. The fourth-order valence-corrected chi connectivity index (χ4v) is 5.84. The van der Waals surface area contributed by atoms with Gasteiger partial charge in [-0.2, -0.15) is 5.26 Å². The molecule has 2 aliphatic heterocycles. The third-order valence-corrected chi connectivity index (χ3v) is 7.56. The number of carbonyl (C=O) groups excluding carboxylic acids is 1. The van der Waals surface area contributed by atoms with Crippen LogP contribution in [0.15, 0.2) is 42.5 Å². The summed E-state index contributed by atoms with van der Waals surface area (Å²) in [6.45, 7) is 2.02. The second kappa shape index (κ2) is 9.34. The Kier molecular flexibility index (Phi) is 6.10. The van der Waals surface area contributed by atoms with E-state index in [1.54, 1.807) is 12.1 Å². The van der Waals surface area contributed by atoms with E-state index in [0.717, 1.165) is 42.6 Å². The number of piperazine rings is 1. The number of carbonyl (C=O) groups is 1. The van der Waals surface area contributed by atoms with Crippen molar-refractivity contribution in [1.29, 1.82) is 5.26 Å². The van der Waals surface area contributed by atoms with E-state index in [1.165, 1.54) is 6.42 Å². The molecule has 5 rings (SSSR count). The summed E-state index contributed by atoms with van der Waals surface area (Å²) in [5, 5.41) is 24.3. The number of hydrogen-bond donors (Lipinski definition) is 1. The lowest BCUT2D eigenvalue weighted by atomic mass is 9.82. The van der Waals surface area contributed by atoms with Gasteiger partial charge in [-0.3, -0.25) is 14.9 Å². The molecule has 1 N–H and O–H groups in total. The second-order valence-corrected chi connectivity index (χ2v) is 9.56. The van der Waals surface area contributed by atoms with Crippen molar-refractivity contribution in [3.63, 3.8) is 0 Å². The predicted molar refractivity (Wildman–Crippen MR) is 130 cm³/mol. The highest BCUT2D eigenvalue weighted by atomic mass is 16.6. The van der Waals surface area contributed by atoms with Crippen LogP contribution in [0.3, 0.4) is 0 Å². The largest absolute Gasteiger partial charge is 0.367 e. The third-order valence-electron chi connectivity index (χ3n) is 7.56. The van der Waals surface area contributed by atoms with Crippen molar-refractivity contribution >= 4 is 23.0 Å². The summed E-state index contributed by atoms with van der Waals surface area (Å²) in [6, 6.07) is 15.0. The van der Waals surface area contributed by atoms with Crippen LogP contribution in [-0.4, -0.2) is 42.5 Å². The first-order valence-corrected chi connectivity index (χ1v) is 12.1. The summed E-state index contributed by atoms with van der Waals surface area (Å²) in [5.74, 6) is -0.275. The molecule has 3 aliphatic rings. The zero-order chi connectivity index (χ0) is 23.7. The summed E-state index contributed by atoms with van der Waals surface area (Å²) in [5.41, 5.74) is 3.42. The van der Waals surface area contributed by atoms with Gasteiger partial charge >= 0.3 is 0 Å². The topological polar surface area (TPSA) is 103 Å². The standard InChI is InChI=1S/C26H29N5O3/c27-16-18-6-4-5-9-23(18)29-12-13-30-24-11-10-21(31(33)34)14-19(24)15-22(25(30)17-29)26(32)28-20-7-2-1-3-8-20/h4-6,9-11,14,20,22,25H,1-3,7-8,12-13,15,17H2,(H,28,32)/t22-,25-/m0/s1. The molecular formula is C26H29N5O3. The van der Waals surface area contributed by atoms with Gasteiger partial charge in [0.25, 0.3) is 5.69 Å². The van der Waals surface area contributed by atoms with E-state index in [2.05, 4.69) is 21.2 Å². The van der Waals surface area contributed by atoms with Gasteiger partial charge in [-0.05, 0) is 43.0 Å². The number of hydrogen-bond acceptors (Lipinski definition) is 6. The first-order chi connectivity index (χ1) is 16.5. The molecule has 0 aromatic heterocycles. The normalized spacial score (nSPS) is 22.3. The van der Waals surface area contributed by atoms with E-state index in [-0.39, 0.29) is 34.5 Å². The van der Waals surface area contributed by atoms with Crippen LogP contribution in [0.1, 0.15) is 43.2 Å². The van der Waals surface area contributed by atoms with Crippen molar-refractivity contribution < 1.29 is 9.72 Å². The first-order valence-electron chi connectivity index (χ1n) is 12.1. The van der Waals surface area contributed by atoms with Crippen molar-refractivity contribution in [1.82, 2.24) is 5.32 Å². The number of benzene rings is 2. The zero-order valence-electron chi connectivity index (χ0n) is 19.2. The molecule has 1 amide bonds. The van der Waals surface area contributed by atoms with E-state index < -0.39 is 0 Å². The van der Waals surface area contributed by atoms with Crippen LogP contribution in [0.25, 0.3) is 0 Å². The van der Waals surface area contributed by atoms with Gasteiger partial charge in [0.1, 0.15) is 6.07 Å². The highest BCUT2D eigenvalue weighted by molar-refractivity contribution is 5.83. The lowest BCUT2D eigenvalue weighted by Crippen LogP contribution is -2.61. The smallest absolute Gasteiger partial charge is 0.269 e. The van der Waals surface area contributed by atoms with E-state index in [9.17, 15) is 20.2 Å². The van der Waals surface area contributed by atoms with E-state index >= 15 is 0 Å². The number of nitro groups is 1. The molecule has 1 saturated carbocycles. The zero-order valence-corrected chi connectivity index (χ0v) is 19.2. The fraction of sp³-hybridized carbons (Fsp3) is 0.462. The van der Waals surface area contributed by atoms with Gasteiger partial charge in [-0.25, -0.2) is 0 Å². The van der Waals surface area contributed by atoms with Crippen LogP contribution >= 0.6 is 0 Å². The molecule has 2 fully saturated rings. The van der Waals surface area contributed by atoms with E-state index in [0.29, 0.717) is 31.6 Å². The maximum atomic E-state index is 13.6. The molecule has 8 heteroatoms. The number of nitriles is 1. The minimum atomic E-state index is -0.375. The Balaban J connectivity index is 1.47. The average molecular weight is 460 g/mol. The van der Waals surface area contributed by atoms with Crippen LogP contribution in [0.4, 0.5) is 17.1 Å². The fourth-order valence-electron chi connectivity index (χ4n) is 5.84. The summed E-state index contributed by atoms with van der Waals surface area (Å²) >= 11 is 0. The van der Waals surface area contributed by atoms with Crippen molar-refractivity contribution in [2.45, 2.75) is 50.6 Å². The number of fused-ring (bicyclic) bond motifs is 3. The number of amides is 1. The van der Waals surface area contributed by atoms with Crippen LogP contribution in [0, 0.1) is 27.4 Å². The van der Waals surface area contributed by atoms with Gasteiger partial charge in [0.2, 0.25) is 5.91 Å². The van der Waals surface area contributed by atoms with E-state index in [1.807, 2.05) is 30.3 Å². The molecule has 0 spiro atoms. The monoisotopic (exact) mass is 459 g/mol. The Morgan fingerprint density at radius 3 is 2.65 bits per heavy atom. The quantitative estimate of drug-likeness (QED) is 0.551. The van der Waals surface area contributed by atoms with Gasteiger partial charge in [0.05, 0.1) is 28.1 Å². The lowest BCUT2D eigenvalue weighted by molar-refractivity contribution is -0.384. The first kappa shape index (κ1) is 22.2. The Bertz CT molecular complexity index is 1140. The highest BCUT2D eigenvalue weighted by Gasteiger charge is 2.42. The summed E-state index contributed by atoms with van der Waals surface area (Å²) in [7, 11) is 0. The highest BCUT2D eigenvalue weighted by Crippen LogP contribution is 2.39. The molecule has 2 heterocycles. The summed E-state index contributed by atoms with van der Waals surface area (Å²) < 4.78 is 0. The Labute approximate surface area is 199 Å². The number of anilines is 2. The Morgan fingerprint density at radius 1 is 1.09 bits per heavy atom. The number of nitrogens with one attached hydrogen (secondary N) is 1. The molecule has 2 aromatic carbocycles. The summed E-state index contributed by atoms with van der Waals surface area (Å²) in [4.78, 5) is 29.0. The second-order valence-electron chi connectivity index (χ2n) is 9.56. The average Bonchev–Trinajstić information content (AvgIpc) is 2.88. The van der Waals surface area contributed by atoms with Crippen molar-refractivity contribution in [2.24, 2.45) is 5.92 Å². The SMILES string of the molecule is N#Cc1ccccc1N1CCN2c3ccc([N+](=O)[O-])cc3C[C@H](C(=O)NC3CCCCC3)[C@@H]2C1. The maximum Gasteiger partial charge on any atom is 0.269 e. The van der Waals surface area contributed by atoms with Crippen molar-refractivity contribution in [2.75, 3.05) is 29.4 Å². The van der Waals surface area contributed by atoms with Gasteiger partial charge in [0.15, 0.2) is 0 Å². The van der Waals surface area contributed by atoms with Crippen LogP contribution < -0.4 is 15.1 Å². The van der Waals surface area contributed by atoms with Crippen molar-refractivity contribution in [3.05, 3.63) is 63.7 Å². The number of nitrogens with zero attached hydrogens (tertiary/aromatic N) is 4. The van der Waals surface area contributed by atoms with E-state index in [4.69, 9.17) is 0 Å². The number of non-ortho nitro benzene ring substituents is 1. The maximum absolute atomic E-state index is 13.6. The Morgan fingerprint density at radius 2 is 1.88 bits per heavy atom. The molecule has 34 heavy (non-hydrogen) atoms. The van der Waals surface area contributed by atoms with Gasteiger partial charge in [-0.15, -0.1) is 0 Å². The lowest BCUT2D eigenvalue weighted by Gasteiger charge is -2.50. The minimum absolute atomic E-state index is 0.0366. The molecule has 176 valence electrons. The molecule has 2 aromatic rings. The minimum Gasteiger partial charge on any atom is -0.367 e. The molecule has 8 nitrogen and oxygen atoms in total. The van der Waals surface area contributed by atoms with Crippen molar-refractivity contribution in [3.8, 4) is 6.07 Å². The number of para-hydroxylation sites is 1. The van der Waals surface area contributed by atoms with Crippen LogP contribution in [-0.2, 0) is 11.2 Å². The molecule has 1 saturated heterocycles. The number of nitro benzene ring substituents is 1. The van der Waals surface area contributed by atoms with Gasteiger partial charge in [0, 0.05) is 43.5 Å². The molecule has 2 atom stereocenters. The third kappa shape index (κ3) is 4.18. The number of rotatable bonds is 4. The predicted octanol–water partition coefficient (Wildman–Crippen LogP) is 3.78.